The van der Waals surface area contributed by atoms with Gasteiger partial charge in [0.2, 0.25) is 5.91 Å². The molecule has 3 aromatic rings. The van der Waals surface area contributed by atoms with Crippen LogP contribution in [0.15, 0.2) is 54.7 Å². The van der Waals surface area contributed by atoms with E-state index in [0.29, 0.717) is 12.1 Å². The smallest absolute Gasteiger partial charge is 0.223 e. The van der Waals surface area contributed by atoms with Gasteiger partial charge >= 0.3 is 0 Å². The van der Waals surface area contributed by atoms with Crippen molar-refractivity contribution in [2.24, 2.45) is 5.92 Å². The molecule has 2 heterocycles. The fraction of sp³-hybridized carbons (Fsp3) is 0.292. The number of ether oxygens (including phenoxy) is 1. The molecule has 1 aliphatic heterocycles. The molecule has 0 aliphatic carbocycles. The standard InChI is InChI=1S/C24H24N4O2/c1-30-22-9-5-2-6-18(22)15-27-24(29)17-10-12-28(13-11-17)23-19(14-25)16-26-21-8-4-3-7-20(21)23/h2-9,16-17H,10-13,15H2,1H3,(H,27,29). The number of aromatic nitrogens is 1. The van der Waals surface area contributed by atoms with Crippen molar-refractivity contribution in [3.05, 3.63) is 65.9 Å². The number of nitrogens with one attached hydrogen (secondary N) is 1. The van der Waals surface area contributed by atoms with Crippen molar-refractivity contribution in [1.29, 1.82) is 5.26 Å². The van der Waals surface area contributed by atoms with E-state index in [9.17, 15) is 10.1 Å². The van der Waals surface area contributed by atoms with Gasteiger partial charge in [-0.05, 0) is 25.0 Å². The van der Waals surface area contributed by atoms with E-state index < -0.39 is 0 Å². The Labute approximate surface area is 176 Å². The number of amides is 1. The highest BCUT2D eigenvalue weighted by atomic mass is 16.5. The molecule has 0 bridgehead atoms. The number of methoxy groups -OCH3 is 1. The van der Waals surface area contributed by atoms with Crippen LogP contribution in [0.3, 0.4) is 0 Å². The third-order valence-corrected chi connectivity index (χ3v) is 5.70. The Morgan fingerprint density at radius 2 is 1.93 bits per heavy atom. The van der Waals surface area contributed by atoms with E-state index in [0.717, 1.165) is 53.8 Å². The zero-order chi connectivity index (χ0) is 20.9. The van der Waals surface area contributed by atoms with E-state index in [1.807, 2.05) is 48.5 Å². The molecule has 152 valence electrons. The van der Waals surface area contributed by atoms with Crippen molar-refractivity contribution in [3.63, 3.8) is 0 Å². The summed E-state index contributed by atoms with van der Waals surface area (Å²) < 4.78 is 5.35. The minimum absolute atomic E-state index is 0.0328. The van der Waals surface area contributed by atoms with Crippen molar-refractivity contribution in [2.45, 2.75) is 19.4 Å². The monoisotopic (exact) mass is 400 g/mol. The summed E-state index contributed by atoms with van der Waals surface area (Å²) in [4.78, 5) is 19.3. The van der Waals surface area contributed by atoms with E-state index in [1.54, 1.807) is 13.3 Å². The number of hydrogen-bond donors (Lipinski definition) is 1. The lowest BCUT2D eigenvalue weighted by Crippen LogP contribution is -2.40. The van der Waals surface area contributed by atoms with Gasteiger partial charge in [0.15, 0.2) is 0 Å². The quantitative estimate of drug-likeness (QED) is 0.707. The fourth-order valence-corrected chi connectivity index (χ4v) is 4.09. The Balaban J connectivity index is 1.43. The van der Waals surface area contributed by atoms with E-state index in [4.69, 9.17) is 4.74 Å². The van der Waals surface area contributed by atoms with Crippen molar-refractivity contribution in [1.82, 2.24) is 10.3 Å². The molecule has 0 saturated carbocycles. The number of rotatable bonds is 5. The van der Waals surface area contributed by atoms with Gasteiger partial charge in [0, 0.05) is 42.7 Å². The molecule has 1 fully saturated rings. The van der Waals surface area contributed by atoms with Crippen molar-refractivity contribution in [2.75, 3.05) is 25.1 Å². The average Bonchev–Trinajstić information content (AvgIpc) is 2.82. The summed E-state index contributed by atoms with van der Waals surface area (Å²) in [6, 6.07) is 17.9. The van der Waals surface area contributed by atoms with Crippen LogP contribution in [-0.4, -0.2) is 31.1 Å². The molecule has 1 saturated heterocycles. The molecular formula is C24H24N4O2. The number of pyridine rings is 1. The predicted octanol–water partition coefficient (Wildman–Crippen LogP) is 3.65. The molecule has 1 aromatic heterocycles. The molecule has 1 N–H and O–H groups in total. The lowest BCUT2D eigenvalue weighted by Gasteiger charge is -2.34. The maximum absolute atomic E-state index is 12.7. The number of hydrogen-bond acceptors (Lipinski definition) is 5. The molecule has 6 nitrogen and oxygen atoms in total. The molecule has 4 rings (SSSR count). The number of fused-ring (bicyclic) bond motifs is 1. The molecular weight excluding hydrogens is 376 g/mol. The van der Waals surface area contributed by atoms with Crippen LogP contribution in [0.4, 0.5) is 5.69 Å². The number of para-hydroxylation sites is 2. The van der Waals surface area contributed by atoms with Gasteiger partial charge < -0.3 is 15.0 Å². The minimum Gasteiger partial charge on any atom is -0.496 e. The Hall–Kier alpha value is -3.59. The van der Waals surface area contributed by atoms with Crippen LogP contribution in [0.5, 0.6) is 5.75 Å². The zero-order valence-corrected chi connectivity index (χ0v) is 17.0. The van der Waals surface area contributed by atoms with Crippen molar-refractivity contribution in [3.8, 4) is 11.8 Å². The number of anilines is 1. The first kappa shape index (κ1) is 19.7. The molecule has 0 atom stereocenters. The van der Waals surface area contributed by atoms with Crippen LogP contribution < -0.4 is 15.0 Å². The van der Waals surface area contributed by atoms with Gasteiger partial charge in [0.05, 0.1) is 23.9 Å². The summed E-state index contributed by atoms with van der Waals surface area (Å²) >= 11 is 0. The van der Waals surface area contributed by atoms with E-state index >= 15 is 0 Å². The fourth-order valence-electron chi connectivity index (χ4n) is 4.09. The summed E-state index contributed by atoms with van der Waals surface area (Å²) in [5.41, 5.74) is 3.35. The molecule has 30 heavy (non-hydrogen) atoms. The largest absolute Gasteiger partial charge is 0.496 e. The third-order valence-electron chi connectivity index (χ3n) is 5.70. The highest BCUT2D eigenvalue weighted by Gasteiger charge is 2.27. The van der Waals surface area contributed by atoms with Gasteiger partial charge in [0.1, 0.15) is 11.8 Å². The van der Waals surface area contributed by atoms with Crippen LogP contribution in [-0.2, 0) is 11.3 Å². The van der Waals surface area contributed by atoms with Gasteiger partial charge in [-0.3, -0.25) is 9.78 Å². The zero-order valence-electron chi connectivity index (χ0n) is 17.0. The number of piperidine rings is 1. The number of carbonyl (C=O) groups excluding carboxylic acids is 1. The Kier molecular flexibility index (Phi) is 5.80. The molecule has 2 aromatic carbocycles. The summed E-state index contributed by atoms with van der Waals surface area (Å²) in [7, 11) is 1.63. The summed E-state index contributed by atoms with van der Waals surface area (Å²) in [6.07, 6.45) is 3.14. The Bertz CT molecular complexity index is 1100. The first-order chi connectivity index (χ1) is 14.7. The molecule has 1 aliphatic rings. The van der Waals surface area contributed by atoms with Crippen LogP contribution >= 0.6 is 0 Å². The molecule has 6 heteroatoms. The Morgan fingerprint density at radius 1 is 1.20 bits per heavy atom. The normalized spacial score (nSPS) is 14.3. The number of nitriles is 1. The van der Waals surface area contributed by atoms with E-state index in [1.165, 1.54) is 0 Å². The lowest BCUT2D eigenvalue weighted by atomic mass is 9.94. The number of nitrogens with zero attached hydrogens (tertiary/aromatic N) is 3. The Morgan fingerprint density at radius 3 is 2.70 bits per heavy atom. The molecule has 0 spiro atoms. The second-order valence-electron chi connectivity index (χ2n) is 7.44. The highest BCUT2D eigenvalue weighted by molar-refractivity contribution is 5.94. The predicted molar refractivity (Wildman–Crippen MR) is 116 cm³/mol. The van der Waals surface area contributed by atoms with Gasteiger partial charge in [-0.1, -0.05) is 36.4 Å². The van der Waals surface area contributed by atoms with Gasteiger partial charge in [-0.25, -0.2) is 0 Å². The first-order valence-corrected chi connectivity index (χ1v) is 10.1. The topological polar surface area (TPSA) is 78.2 Å². The lowest BCUT2D eigenvalue weighted by molar-refractivity contribution is -0.125. The highest BCUT2D eigenvalue weighted by Crippen LogP contribution is 2.32. The first-order valence-electron chi connectivity index (χ1n) is 10.1. The maximum Gasteiger partial charge on any atom is 0.223 e. The number of carbonyl (C=O) groups is 1. The number of benzene rings is 2. The second-order valence-corrected chi connectivity index (χ2v) is 7.44. The summed E-state index contributed by atoms with van der Waals surface area (Å²) in [6.45, 7) is 1.92. The second kappa shape index (κ2) is 8.83. The average molecular weight is 400 g/mol. The van der Waals surface area contributed by atoms with Gasteiger partial charge in [0.25, 0.3) is 0 Å². The van der Waals surface area contributed by atoms with Crippen molar-refractivity contribution >= 4 is 22.5 Å². The molecule has 1 amide bonds. The summed E-state index contributed by atoms with van der Waals surface area (Å²) in [5.74, 6) is 0.816. The van der Waals surface area contributed by atoms with Crippen LogP contribution in [0, 0.1) is 17.2 Å². The maximum atomic E-state index is 12.7. The SMILES string of the molecule is COc1ccccc1CNC(=O)C1CCN(c2c(C#N)cnc3ccccc23)CC1. The van der Waals surface area contributed by atoms with E-state index in [2.05, 4.69) is 21.3 Å². The van der Waals surface area contributed by atoms with Crippen molar-refractivity contribution < 1.29 is 9.53 Å². The van der Waals surface area contributed by atoms with E-state index in [-0.39, 0.29) is 11.8 Å². The molecule has 0 radical (unpaired) electrons. The van der Waals surface area contributed by atoms with Gasteiger partial charge in [-0.15, -0.1) is 0 Å². The third kappa shape index (κ3) is 3.92. The van der Waals surface area contributed by atoms with Crippen LogP contribution in [0.1, 0.15) is 24.0 Å². The van der Waals surface area contributed by atoms with Gasteiger partial charge in [-0.2, -0.15) is 5.26 Å². The van der Waals surface area contributed by atoms with Crippen LogP contribution in [0.25, 0.3) is 10.9 Å². The van der Waals surface area contributed by atoms with Crippen LogP contribution in [0.2, 0.25) is 0 Å². The minimum atomic E-state index is -0.0328. The molecule has 0 unspecified atom stereocenters. The summed E-state index contributed by atoms with van der Waals surface area (Å²) in [5, 5.41) is 13.6.